The van der Waals surface area contributed by atoms with Gasteiger partial charge in [-0.15, -0.1) is 0 Å². The fraction of sp³-hybridized carbons (Fsp3) is 0.154. The van der Waals surface area contributed by atoms with Crippen LogP contribution in [-0.4, -0.2) is 22.1 Å². The van der Waals surface area contributed by atoms with Crippen molar-refractivity contribution in [1.82, 2.24) is 9.55 Å². The van der Waals surface area contributed by atoms with E-state index in [1.165, 1.54) is 12.1 Å². The molecule has 1 aromatic heterocycles. The highest BCUT2D eigenvalue weighted by Gasteiger charge is 2.16. The van der Waals surface area contributed by atoms with Crippen LogP contribution in [-0.2, 0) is 4.74 Å². The zero-order valence-corrected chi connectivity index (χ0v) is 10.6. The molecule has 20 heavy (non-hydrogen) atoms. The number of benzene rings is 1. The smallest absolute Gasteiger partial charge is 0.345 e. The number of nitrogens with one attached hydrogen (secondary N) is 1. The molecule has 0 aliphatic rings. The quantitative estimate of drug-likeness (QED) is 0.844. The van der Waals surface area contributed by atoms with Crippen LogP contribution in [0.15, 0.2) is 40.1 Å². The summed E-state index contributed by atoms with van der Waals surface area (Å²) in [5, 5.41) is 0. The molecular formula is C13H11FN2O4. The van der Waals surface area contributed by atoms with Crippen LogP contribution in [0.1, 0.15) is 17.3 Å². The van der Waals surface area contributed by atoms with E-state index in [4.69, 9.17) is 4.74 Å². The first-order valence-corrected chi connectivity index (χ1v) is 5.82. The first-order valence-electron chi connectivity index (χ1n) is 5.82. The van der Waals surface area contributed by atoms with Gasteiger partial charge in [0.2, 0.25) is 0 Å². The van der Waals surface area contributed by atoms with Crippen molar-refractivity contribution < 1.29 is 13.9 Å². The van der Waals surface area contributed by atoms with Crippen LogP contribution in [0.25, 0.3) is 5.69 Å². The van der Waals surface area contributed by atoms with Gasteiger partial charge in [-0.25, -0.2) is 18.5 Å². The standard InChI is InChI=1S/C13H11FN2O4/c1-2-20-12(18)10-7-15-13(19)16(11(10)17)9-5-3-8(14)4-6-9/h3-7H,2H2,1H3,(H,15,19). The van der Waals surface area contributed by atoms with Crippen molar-refractivity contribution in [2.24, 2.45) is 0 Å². The van der Waals surface area contributed by atoms with Crippen LogP contribution in [0, 0.1) is 5.82 Å². The molecule has 2 aromatic rings. The van der Waals surface area contributed by atoms with Crippen molar-refractivity contribution in [2.45, 2.75) is 6.92 Å². The van der Waals surface area contributed by atoms with Crippen molar-refractivity contribution in [3.63, 3.8) is 0 Å². The zero-order chi connectivity index (χ0) is 14.7. The monoisotopic (exact) mass is 278 g/mol. The van der Waals surface area contributed by atoms with Crippen molar-refractivity contribution in [3.8, 4) is 5.69 Å². The third-order valence-electron chi connectivity index (χ3n) is 2.56. The number of carbonyl (C=O) groups is 1. The number of H-pyrrole nitrogens is 1. The maximum Gasteiger partial charge on any atom is 0.345 e. The molecule has 0 spiro atoms. The molecule has 0 fully saturated rings. The van der Waals surface area contributed by atoms with E-state index in [1.54, 1.807) is 6.92 Å². The second-order valence-corrected chi connectivity index (χ2v) is 3.84. The van der Waals surface area contributed by atoms with E-state index in [-0.39, 0.29) is 17.9 Å². The van der Waals surface area contributed by atoms with Gasteiger partial charge in [0.15, 0.2) is 0 Å². The third-order valence-corrected chi connectivity index (χ3v) is 2.56. The lowest BCUT2D eigenvalue weighted by molar-refractivity contribution is 0.0523. The molecule has 0 unspecified atom stereocenters. The molecule has 0 aliphatic carbocycles. The predicted octanol–water partition coefficient (Wildman–Crippen LogP) is 0.842. The number of aromatic amines is 1. The van der Waals surface area contributed by atoms with E-state index in [0.29, 0.717) is 0 Å². The fourth-order valence-corrected chi connectivity index (χ4v) is 1.65. The summed E-state index contributed by atoms with van der Waals surface area (Å²) in [5.74, 6) is -1.33. The van der Waals surface area contributed by atoms with Gasteiger partial charge < -0.3 is 9.72 Å². The molecule has 0 bridgehead atoms. The van der Waals surface area contributed by atoms with Crippen LogP contribution in [0.4, 0.5) is 4.39 Å². The van der Waals surface area contributed by atoms with Gasteiger partial charge in [0, 0.05) is 6.20 Å². The van der Waals surface area contributed by atoms with Gasteiger partial charge >= 0.3 is 11.7 Å². The number of halogens is 1. The summed E-state index contributed by atoms with van der Waals surface area (Å²) in [6.45, 7) is 1.70. The Kier molecular flexibility index (Phi) is 3.79. The van der Waals surface area contributed by atoms with E-state index < -0.39 is 23.0 Å². The molecule has 0 aliphatic heterocycles. The molecule has 1 aromatic carbocycles. The number of esters is 1. The lowest BCUT2D eigenvalue weighted by Crippen LogP contribution is -2.37. The molecule has 7 heteroatoms. The van der Waals surface area contributed by atoms with Gasteiger partial charge in [-0.05, 0) is 31.2 Å². The second kappa shape index (κ2) is 5.52. The summed E-state index contributed by atoms with van der Waals surface area (Å²) in [7, 11) is 0. The fourth-order valence-electron chi connectivity index (χ4n) is 1.65. The molecule has 0 saturated heterocycles. The summed E-state index contributed by atoms with van der Waals surface area (Å²) in [6.07, 6.45) is 1.00. The summed E-state index contributed by atoms with van der Waals surface area (Å²) < 4.78 is 18.3. The largest absolute Gasteiger partial charge is 0.462 e. The number of nitrogens with zero attached hydrogens (tertiary/aromatic N) is 1. The second-order valence-electron chi connectivity index (χ2n) is 3.84. The Balaban J connectivity index is 2.62. The Morgan fingerprint density at radius 2 is 1.95 bits per heavy atom. The molecule has 0 atom stereocenters. The van der Waals surface area contributed by atoms with Crippen LogP contribution < -0.4 is 11.2 Å². The van der Waals surface area contributed by atoms with Crippen LogP contribution in [0.2, 0.25) is 0 Å². The number of aromatic nitrogens is 2. The van der Waals surface area contributed by atoms with E-state index in [2.05, 4.69) is 4.98 Å². The first-order chi connectivity index (χ1) is 9.54. The highest BCUT2D eigenvalue weighted by Crippen LogP contribution is 2.05. The molecule has 0 saturated carbocycles. The van der Waals surface area contributed by atoms with Gasteiger partial charge in [0.1, 0.15) is 11.4 Å². The first kappa shape index (κ1) is 13.7. The minimum Gasteiger partial charge on any atom is -0.462 e. The summed E-state index contributed by atoms with van der Waals surface area (Å²) in [6, 6.07) is 4.75. The Morgan fingerprint density at radius 1 is 1.30 bits per heavy atom. The molecular weight excluding hydrogens is 267 g/mol. The highest BCUT2D eigenvalue weighted by molar-refractivity contribution is 5.88. The zero-order valence-electron chi connectivity index (χ0n) is 10.6. The van der Waals surface area contributed by atoms with Crippen LogP contribution in [0.3, 0.4) is 0 Å². The molecule has 6 nitrogen and oxygen atoms in total. The van der Waals surface area contributed by atoms with Crippen molar-refractivity contribution in [1.29, 1.82) is 0 Å². The van der Waals surface area contributed by atoms with Crippen molar-refractivity contribution in [3.05, 3.63) is 62.7 Å². The van der Waals surface area contributed by atoms with Crippen molar-refractivity contribution in [2.75, 3.05) is 6.61 Å². The number of carbonyl (C=O) groups excluding carboxylic acids is 1. The Hall–Kier alpha value is -2.70. The van der Waals surface area contributed by atoms with Gasteiger partial charge in [0.05, 0.1) is 12.3 Å². The van der Waals surface area contributed by atoms with E-state index in [9.17, 15) is 18.8 Å². The predicted molar refractivity (Wildman–Crippen MR) is 68.6 cm³/mol. The minimum absolute atomic E-state index is 0.105. The van der Waals surface area contributed by atoms with Crippen molar-refractivity contribution >= 4 is 5.97 Å². The average molecular weight is 278 g/mol. The maximum absolute atomic E-state index is 12.9. The summed E-state index contributed by atoms with van der Waals surface area (Å²) in [5.41, 5.74) is -1.69. The van der Waals surface area contributed by atoms with E-state index >= 15 is 0 Å². The Labute approximate surface area is 112 Å². The summed E-state index contributed by atoms with van der Waals surface area (Å²) in [4.78, 5) is 37.7. The van der Waals surface area contributed by atoms with Gasteiger partial charge in [-0.3, -0.25) is 4.79 Å². The molecule has 1 N–H and O–H groups in total. The Bertz CT molecular complexity index is 746. The third kappa shape index (κ3) is 2.51. The van der Waals surface area contributed by atoms with Gasteiger partial charge in [0.25, 0.3) is 5.56 Å². The van der Waals surface area contributed by atoms with Gasteiger partial charge in [-0.2, -0.15) is 0 Å². The van der Waals surface area contributed by atoms with E-state index in [0.717, 1.165) is 22.9 Å². The molecule has 1 heterocycles. The normalized spacial score (nSPS) is 10.3. The molecule has 104 valence electrons. The summed E-state index contributed by atoms with van der Waals surface area (Å²) >= 11 is 0. The average Bonchev–Trinajstić information content (AvgIpc) is 2.41. The lowest BCUT2D eigenvalue weighted by Gasteiger charge is -2.06. The Morgan fingerprint density at radius 3 is 2.55 bits per heavy atom. The molecule has 0 radical (unpaired) electrons. The number of ether oxygens (including phenoxy) is 1. The minimum atomic E-state index is -0.829. The maximum atomic E-state index is 12.9. The van der Waals surface area contributed by atoms with Crippen LogP contribution >= 0.6 is 0 Å². The highest BCUT2D eigenvalue weighted by atomic mass is 19.1. The van der Waals surface area contributed by atoms with Gasteiger partial charge in [-0.1, -0.05) is 0 Å². The molecule has 0 amide bonds. The number of hydrogen-bond acceptors (Lipinski definition) is 4. The number of rotatable bonds is 3. The lowest BCUT2D eigenvalue weighted by atomic mass is 10.3. The van der Waals surface area contributed by atoms with Crippen LogP contribution in [0.5, 0.6) is 0 Å². The van der Waals surface area contributed by atoms with E-state index in [1.807, 2.05) is 0 Å². The SMILES string of the molecule is CCOC(=O)c1c[nH]c(=O)n(-c2ccc(F)cc2)c1=O. The molecule has 2 rings (SSSR count). The number of hydrogen-bond donors (Lipinski definition) is 1. The topological polar surface area (TPSA) is 81.2 Å².